The van der Waals surface area contributed by atoms with Crippen LogP contribution in [0.3, 0.4) is 0 Å². The van der Waals surface area contributed by atoms with Gasteiger partial charge in [-0.25, -0.2) is 0 Å². The Morgan fingerprint density at radius 2 is 1.23 bits per heavy atom. The van der Waals surface area contributed by atoms with Gasteiger partial charge >= 0.3 is 0 Å². The molecule has 0 amide bonds. The van der Waals surface area contributed by atoms with Crippen molar-refractivity contribution >= 4 is 65.7 Å². The van der Waals surface area contributed by atoms with E-state index in [4.69, 9.17) is 8.83 Å². The molecule has 44 heavy (non-hydrogen) atoms. The van der Waals surface area contributed by atoms with Crippen molar-refractivity contribution in [3.63, 3.8) is 0 Å². The summed E-state index contributed by atoms with van der Waals surface area (Å²) < 4.78 is 14.9. The molecule has 1 aliphatic carbocycles. The standard InChI is InChI=1S/C40H25NO3/c1-40(2)31-12-6-3-9-23(31)27-18-28-24-10-4-7-13-33(24)41(34(28)20-32(27)40)22-15-16-25-29-19-30-38(21-37(29)44-36(25)17-22)43-35-14-8-5-11-26(35)39(30)42/h3-21H,1-2H3. The van der Waals surface area contributed by atoms with Crippen LogP contribution >= 0.6 is 0 Å². The van der Waals surface area contributed by atoms with E-state index in [0.29, 0.717) is 27.5 Å². The minimum atomic E-state index is -0.0949. The molecule has 0 N–H and O–H groups in total. The lowest BCUT2D eigenvalue weighted by molar-refractivity contribution is 0.650. The molecule has 9 aromatic rings. The van der Waals surface area contributed by atoms with Gasteiger partial charge in [-0.2, -0.15) is 0 Å². The number of hydrogen-bond donors (Lipinski definition) is 0. The monoisotopic (exact) mass is 567 g/mol. The Bertz CT molecular complexity index is 2770. The molecule has 0 bridgehead atoms. The number of fused-ring (bicyclic) bond motifs is 11. The fraction of sp³-hybridized carbons (Fsp3) is 0.0750. The lowest BCUT2D eigenvalue weighted by Gasteiger charge is -2.21. The highest BCUT2D eigenvalue weighted by atomic mass is 16.3. The van der Waals surface area contributed by atoms with Crippen LogP contribution in [0, 0.1) is 0 Å². The molecular weight excluding hydrogens is 542 g/mol. The summed E-state index contributed by atoms with van der Waals surface area (Å²) in [6.07, 6.45) is 0. The predicted octanol–water partition coefficient (Wildman–Crippen LogP) is 10.2. The van der Waals surface area contributed by atoms with E-state index in [1.165, 1.54) is 38.5 Å². The summed E-state index contributed by atoms with van der Waals surface area (Å²) in [4.78, 5) is 13.4. The van der Waals surface area contributed by atoms with Gasteiger partial charge in [0.1, 0.15) is 22.3 Å². The van der Waals surface area contributed by atoms with Gasteiger partial charge in [0.2, 0.25) is 5.43 Å². The van der Waals surface area contributed by atoms with Crippen molar-refractivity contribution in [2.24, 2.45) is 0 Å². The van der Waals surface area contributed by atoms with Crippen molar-refractivity contribution in [3.05, 3.63) is 137 Å². The molecule has 0 saturated carbocycles. The van der Waals surface area contributed by atoms with Crippen LogP contribution in [0.2, 0.25) is 0 Å². The topological polar surface area (TPSA) is 48.3 Å². The second kappa shape index (κ2) is 8.06. The highest BCUT2D eigenvalue weighted by Gasteiger charge is 2.36. The van der Waals surface area contributed by atoms with Gasteiger partial charge in [-0.1, -0.05) is 68.4 Å². The van der Waals surface area contributed by atoms with Crippen LogP contribution in [-0.2, 0) is 5.41 Å². The van der Waals surface area contributed by atoms with Gasteiger partial charge in [0, 0.05) is 44.8 Å². The first-order valence-electron chi connectivity index (χ1n) is 15.0. The van der Waals surface area contributed by atoms with Crippen LogP contribution in [0.25, 0.3) is 82.5 Å². The summed E-state index contributed by atoms with van der Waals surface area (Å²) in [7, 11) is 0. The highest BCUT2D eigenvalue weighted by Crippen LogP contribution is 2.51. The Hall–Kier alpha value is -5.61. The van der Waals surface area contributed by atoms with Gasteiger partial charge in [0.15, 0.2) is 0 Å². The van der Waals surface area contributed by atoms with Crippen molar-refractivity contribution in [1.29, 1.82) is 0 Å². The smallest absolute Gasteiger partial charge is 0.200 e. The maximum Gasteiger partial charge on any atom is 0.200 e. The van der Waals surface area contributed by atoms with Crippen molar-refractivity contribution < 1.29 is 8.83 Å². The number of rotatable bonds is 1. The van der Waals surface area contributed by atoms with Gasteiger partial charge < -0.3 is 13.4 Å². The molecule has 3 heterocycles. The molecule has 4 nitrogen and oxygen atoms in total. The van der Waals surface area contributed by atoms with Crippen molar-refractivity contribution in [3.8, 4) is 16.8 Å². The third-order valence-electron chi connectivity index (χ3n) is 9.79. The number of benzene rings is 6. The molecule has 10 rings (SSSR count). The molecule has 0 fully saturated rings. The Balaban J connectivity index is 1.24. The molecule has 3 aromatic heterocycles. The average molecular weight is 568 g/mol. The van der Waals surface area contributed by atoms with E-state index in [1.807, 2.05) is 36.4 Å². The second-order valence-electron chi connectivity index (χ2n) is 12.5. The molecule has 0 radical (unpaired) electrons. The zero-order valence-electron chi connectivity index (χ0n) is 24.1. The first-order chi connectivity index (χ1) is 21.5. The molecule has 0 saturated heterocycles. The van der Waals surface area contributed by atoms with Gasteiger partial charge in [0.05, 0.1) is 21.8 Å². The Morgan fingerprint density at radius 1 is 0.500 bits per heavy atom. The van der Waals surface area contributed by atoms with Gasteiger partial charge in [-0.15, -0.1) is 0 Å². The molecule has 0 unspecified atom stereocenters. The molecule has 4 heteroatoms. The van der Waals surface area contributed by atoms with E-state index in [0.717, 1.165) is 27.6 Å². The third-order valence-corrected chi connectivity index (χ3v) is 9.79. The number of hydrogen-bond acceptors (Lipinski definition) is 3. The van der Waals surface area contributed by atoms with Gasteiger partial charge in [-0.3, -0.25) is 4.79 Å². The van der Waals surface area contributed by atoms with E-state index in [1.54, 1.807) is 0 Å². The summed E-state index contributed by atoms with van der Waals surface area (Å²) in [6.45, 7) is 4.65. The highest BCUT2D eigenvalue weighted by molar-refractivity contribution is 6.13. The van der Waals surface area contributed by atoms with Crippen LogP contribution in [0.15, 0.2) is 129 Å². The third kappa shape index (κ3) is 2.95. The van der Waals surface area contributed by atoms with Crippen molar-refractivity contribution in [1.82, 2.24) is 4.57 Å². The Labute approximate surface area is 251 Å². The van der Waals surface area contributed by atoms with E-state index in [2.05, 4.69) is 97.3 Å². The number of furan rings is 1. The fourth-order valence-electron chi connectivity index (χ4n) is 7.64. The zero-order valence-corrected chi connectivity index (χ0v) is 24.1. The molecule has 6 aromatic carbocycles. The zero-order chi connectivity index (χ0) is 29.3. The predicted molar refractivity (Wildman–Crippen MR) is 179 cm³/mol. The van der Waals surface area contributed by atoms with Crippen LogP contribution in [0.5, 0.6) is 0 Å². The van der Waals surface area contributed by atoms with Crippen molar-refractivity contribution in [2.45, 2.75) is 19.3 Å². The van der Waals surface area contributed by atoms with E-state index >= 15 is 0 Å². The minimum Gasteiger partial charge on any atom is -0.456 e. The number of aromatic nitrogens is 1. The molecule has 0 atom stereocenters. The maximum absolute atomic E-state index is 13.4. The summed E-state index contributed by atoms with van der Waals surface area (Å²) in [5.74, 6) is 0. The quantitative estimate of drug-likeness (QED) is 0.185. The SMILES string of the molecule is CC1(C)c2ccccc2-c2cc3c4ccccc4n(-c4ccc5c(c4)oc4cc6oc7ccccc7c(=O)c6cc45)c3cc21. The van der Waals surface area contributed by atoms with E-state index in [9.17, 15) is 4.79 Å². The Kier molecular flexibility index (Phi) is 4.38. The van der Waals surface area contributed by atoms with Crippen LogP contribution in [0.4, 0.5) is 0 Å². The molecule has 0 aliphatic heterocycles. The number of nitrogens with zero attached hydrogens (tertiary/aromatic N) is 1. The fourth-order valence-corrected chi connectivity index (χ4v) is 7.64. The molecule has 1 aliphatic rings. The van der Waals surface area contributed by atoms with E-state index < -0.39 is 0 Å². The summed E-state index contributed by atoms with van der Waals surface area (Å²) in [5, 5.41) is 5.47. The van der Waals surface area contributed by atoms with Crippen molar-refractivity contribution in [2.75, 3.05) is 0 Å². The van der Waals surface area contributed by atoms with Crippen LogP contribution in [0.1, 0.15) is 25.0 Å². The first kappa shape index (κ1) is 23.9. The molecule has 208 valence electrons. The minimum absolute atomic E-state index is 0.0300. The second-order valence-corrected chi connectivity index (χ2v) is 12.5. The van der Waals surface area contributed by atoms with Crippen LogP contribution in [-0.4, -0.2) is 4.57 Å². The average Bonchev–Trinajstić information content (AvgIpc) is 3.64. The molecule has 0 spiro atoms. The van der Waals surface area contributed by atoms with Gasteiger partial charge in [0.25, 0.3) is 0 Å². The Morgan fingerprint density at radius 3 is 2.14 bits per heavy atom. The molecular formula is C40H25NO3. The number of para-hydroxylation sites is 2. The largest absolute Gasteiger partial charge is 0.456 e. The normalized spacial score (nSPS) is 14.0. The summed E-state index contributed by atoms with van der Waals surface area (Å²) >= 11 is 0. The lowest BCUT2D eigenvalue weighted by atomic mass is 9.82. The summed E-state index contributed by atoms with van der Waals surface area (Å²) in [5.41, 5.74) is 11.2. The lowest BCUT2D eigenvalue weighted by Crippen LogP contribution is -2.14. The maximum atomic E-state index is 13.4. The first-order valence-corrected chi connectivity index (χ1v) is 15.0. The van der Waals surface area contributed by atoms with E-state index in [-0.39, 0.29) is 10.8 Å². The summed E-state index contributed by atoms with van der Waals surface area (Å²) in [6, 6.07) is 39.7. The van der Waals surface area contributed by atoms with Gasteiger partial charge in [-0.05, 0) is 70.8 Å². The van der Waals surface area contributed by atoms with Crippen LogP contribution < -0.4 is 5.43 Å².